The van der Waals surface area contributed by atoms with Gasteiger partial charge in [-0.3, -0.25) is 0 Å². The van der Waals surface area contributed by atoms with Crippen molar-refractivity contribution < 1.29 is 41.8 Å². The second-order valence-corrected chi connectivity index (χ2v) is 7.56. The van der Waals surface area contributed by atoms with Crippen LogP contribution in [0.3, 0.4) is 0 Å². The summed E-state index contributed by atoms with van der Waals surface area (Å²) >= 11 is 0. The van der Waals surface area contributed by atoms with Gasteiger partial charge in [-0.25, -0.2) is 14.4 Å². The van der Waals surface area contributed by atoms with Crippen LogP contribution in [0.15, 0.2) is 48.5 Å². The van der Waals surface area contributed by atoms with Gasteiger partial charge in [0.15, 0.2) is 0 Å². The number of halogens is 3. The number of benzene rings is 2. The zero-order chi connectivity index (χ0) is 25.1. The van der Waals surface area contributed by atoms with E-state index in [4.69, 9.17) is 4.74 Å². The molecule has 0 heterocycles. The van der Waals surface area contributed by atoms with E-state index in [1.807, 2.05) is 12.1 Å². The van der Waals surface area contributed by atoms with E-state index in [-0.39, 0.29) is 17.9 Å². The Labute approximate surface area is 196 Å². The predicted octanol–water partition coefficient (Wildman–Crippen LogP) is 5.68. The van der Waals surface area contributed by atoms with Gasteiger partial charge in [0.25, 0.3) is 6.10 Å². The summed E-state index contributed by atoms with van der Waals surface area (Å²) in [6.45, 7) is 3.50. The first-order valence-corrected chi connectivity index (χ1v) is 11.0. The molecule has 0 saturated carbocycles. The van der Waals surface area contributed by atoms with Crippen molar-refractivity contribution >= 4 is 17.9 Å². The van der Waals surface area contributed by atoms with Crippen molar-refractivity contribution in [3.05, 3.63) is 65.2 Å². The zero-order valence-electron chi connectivity index (χ0n) is 19.0. The predicted molar refractivity (Wildman–Crippen MR) is 118 cm³/mol. The Morgan fingerprint density at radius 3 is 1.97 bits per heavy atom. The van der Waals surface area contributed by atoms with Gasteiger partial charge in [0.1, 0.15) is 5.75 Å². The molecule has 0 aromatic heterocycles. The van der Waals surface area contributed by atoms with Crippen LogP contribution in [-0.4, -0.2) is 36.8 Å². The van der Waals surface area contributed by atoms with Gasteiger partial charge in [0, 0.05) is 0 Å². The normalized spacial score (nSPS) is 12.0. The highest BCUT2D eigenvalue weighted by Crippen LogP contribution is 2.25. The van der Waals surface area contributed by atoms with Crippen LogP contribution in [0, 0.1) is 0 Å². The number of rotatable bonds is 11. The van der Waals surface area contributed by atoms with E-state index in [9.17, 15) is 27.6 Å². The second kappa shape index (κ2) is 12.8. The quantitative estimate of drug-likeness (QED) is 0.234. The number of ether oxygens (including phenoxy) is 3. The van der Waals surface area contributed by atoms with Gasteiger partial charge in [0.2, 0.25) is 0 Å². The maximum atomic E-state index is 13.1. The third-order valence-electron chi connectivity index (χ3n) is 4.74. The van der Waals surface area contributed by atoms with Crippen molar-refractivity contribution in [1.29, 1.82) is 0 Å². The Hall–Kier alpha value is -3.36. The van der Waals surface area contributed by atoms with E-state index in [2.05, 4.69) is 16.4 Å². The highest BCUT2D eigenvalue weighted by Gasteiger charge is 2.49. The Bertz CT molecular complexity index is 952. The van der Waals surface area contributed by atoms with Gasteiger partial charge in [-0.1, -0.05) is 38.8 Å². The Morgan fingerprint density at radius 1 is 0.824 bits per heavy atom. The minimum Gasteiger partial charge on any atom is -0.463 e. The Morgan fingerprint density at radius 2 is 1.41 bits per heavy atom. The molecular weight excluding hydrogens is 453 g/mol. The van der Waals surface area contributed by atoms with Crippen LogP contribution in [0.5, 0.6) is 5.75 Å². The third-order valence-corrected chi connectivity index (χ3v) is 4.74. The highest BCUT2D eigenvalue weighted by atomic mass is 19.4. The number of hydrogen-bond donors (Lipinski definition) is 0. The fourth-order valence-electron chi connectivity index (χ4n) is 2.91. The number of aryl methyl sites for hydroxylation is 1. The summed E-state index contributed by atoms with van der Waals surface area (Å²) in [5.41, 5.74) is 1.19. The molecule has 0 aliphatic carbocycles. The van der Waals surface area contributed by atoms with Crippen molar-refractivity contribution in [3.63, 3.8) is 0 Å². The smallest absolute Gasteiger partial charge is 0.436 e. The average Bonchev–Trinajstić information content (AvgIpc) is 2.81. The number of carbonyl (C=O) groups excluding carboxylic acids is 3. The highest BCUT2D eigenvalue weighted by molar-refractivity contribution is 5.93. The van der Waals surface area contributed by atoms with E-state index in [1.54, 1.807) is 19.1 Å². The van der Waals surface area contributed by atoms with E-state index < -0.39 is 30.2 Å². The summed E-state index contributed by atoms with van der Waals surface area (Å²) in [4.78, 5) is 36.1. The third kappa shape index (κ3) is 8.20. The minimum absolute atomic E-state index is 0.0864. The molecule has 2 aromatic carbocycles. The van der Waals surface area contributed by atoms with E-state index in [0.717, 1.165) is 43.4 Å². The van der Waals surface area contributed by atoms with Crippen LogP contribution in [-0.2, 0) is 20.7 Å². The van der Waals surface area contributed by atoms with Crippen LogP contribution in [0.4, 0.5) is 13.2 Å². The van der Waals surface area contributed by atoms with Crippen LogP contribution < -0.4 is 4.74 Å². The number of unbranched alkanes of at least 4 members (excludes halogenated alkanes) is 2. The number of carbonyl (C=O) groups is 3. The first kappa shape index (κ1) is 26.9. The molecule has 0 saturated heterocycles. The molecule has 1 unspecified atom stereocenters. The van der Waals surface area contributed by atoms with Crippen molar-refractivity contribution in [3.8, 4) is 5.75 Å². The molecule has 9 heteroatoms. The first-order chi connectivity index (χ1) is 16.2. The van der Waals surface area contributed by atoms with Crippen LogP contribution in [0.2, 0.25) is 0 Å². The number of hydrogen-bond acceptors (Lipinski definition) is 6. The monoisotopic (exact) mass is 480 g/mol. The molecule has 0 bridgehead atoms. The van der Waals surface area contributed by atoms with E-state index in [1.165, 1.54) is 12.1 Å². The van der Waals surface area contributed by atoms with Crippen molar-refractivity contribution in [2.45, 2.75) is 58.2 Å². The molecule has 0 N–H and O–H groups in total. The molecule has 0 aliphatic rings. The Balaban J connectivity index is 1.98. The van der Waals surface area contributed by atoms with Gasteiger partial charge in [-0.15, -0.1) is 0 Å². The summed E-state index contributed by atoms with van der Waals surface area (Å²) < 4.78 is 53.4. The summed E-state index contributed by atoms with van der Waals surface area (Å²) in [5.74, 6) is -3.59. The fourth-order valence-corrected chi connectivity index (χ4v) is 2.91. The SMILES string of the molecule is CCCCCc1ccc(C(=O)Oc2ccc(C(=O)OC(C(=O)OCCC)C(F)(F)F)cc2)cc1. The van der Waals surface area contributed by atoms with Crippen molar-refractivity contribution in [2.75, 3.05) is 6.61 Å². The van der Waals surface area contributed by atoms with Gasteiger partial charge in [0.05, 0.1) is 17.7 Å². The first-order valence-electron chi connectivity index (χ1n) is 11.0. The van der Waals surface area contributed by atoms with Crippen molar-refractivity contribution in [2.24, 2.45) is 0 Å². The average molecular weight is 480 g/mol. The Kier molecular flexibility index (Phi) is 10.1. The molecule has 34 heavy (non-hydrogen) atoms. The summed E-state index contributed by atoms with van der Waals surface area (Å²) in [6, 6.07) is 11.8. The summed E-state index contributed by atoms with van der Waals surface area (Å²) in [7, 11) is 0. The molecule has 0 fully saturated rings. The molecule has 0 aliphatic heterocycles. The fraction of sp³-hybridized carbons (Fsp3) is 0.400. The maximum absolute atomic E-state index is 13.1. The zero-order valence-corrected chi connectivity index (χ0v) is 19.0. The molecule has 6 nitrogen and oxygen atoms in total. The van der Waals surface area contributed by atoms with E-state index >= 15 is 0 Å². The molecule has 1 atom stereocenters. The minimum atomic E-state index is -5.12. The van der Waals surface area contributed by atoms with E-state index in [0.29, 0.717) is 12.0 Å². The summed E-state index contributed by atoms with van der Waals surface area (Å²) in [6.07, 6.45) is -3.60. The van der Waals surface area contributed by atoms with Crippen molar-refractivity contribution in [1.82, 2.24) is 0 Å². The number of alkyl halides is 3. The molecule has 0 spiro atoms. The van der Waals surface area contributed by atoms with Crippen LogP contribution in [0.1, 0.15) is 65.8 Å². The van der Waals surface area contributed by atoms with Gasteiger partial charge >= 0.3 is 24.1 Å². The molecule has 184 valence electrons. The lowest BCUT2D eigenvalue weighted by Gasteiger charge is -2.19. The molecule has 0 radical (unpaired) electrons. The van der Waals surface area contributed by atoms with Gasteiger partial charge in [-0.2, -0.15) is 13.2 Å². The molecule has 2 rings (SSSR count). The molecule has 2 aromatic rings. The van der Waals surface area contributed by atoms with Gasteiger partial charge in [-0.05, 0) is 61.2 Å². The second-order valence-electron chi connectivity index (χ2n) is 7.56. The van der Waals surface area contributed by atoms with Gasteiger partial charge < -0.3 is 14.2 Å². The lowest BCUT2D eigenvalue weighted by Crippen LogP contribution is -2.42. The lowest BCUT2D eigenvalue weighted by molar-refractivity contribution is -0.218. The largest absolute Gasteiger partial charge is 0.463 e. The maximum Gasteiger partial charge on any atom is 0.436 e. The molecule has 0 amide bonds. The number of esters is 3. The summed E-state index contributed by atoms with van der Waals surface area (Å²) in [5, 5.41) is 0. The topological polar surface area (TPSA) is 78.9 Å². The lowest BCUT2D eigenvalue weighted by atomic mass is 10.1. The van der Waals surface area contributed by atoms with Crippen LogP contribution in [0.25, 0.3) is 0 Å². The molecular formula is C25H27F3O6. The standard InChI is InChI=1S/C25H27F3O6/c1-3-5-6-7-17-8-10-18(11-9-17)22(29)33-20-14-12-19(13-15-20)23(30)34-21(25(26,27)28)24(31)32-16-4-2/h8-15,21H,3-7,16H2,1-2H3. The van der Waals surface area contributed by atoms with Crippen LogP contribution >= 0.6 is 0 Å².